The molecule has 3 rings (SSSR count). The number of nitrogens with zero attached hydrogens (tertiary/aromatic N) is 2. The van der Waals surface area contributed by atoms with Crippen LogP contribution in [0.3, 0.4) is 0 Å². The van der Waals surface area contributed by atoms with Crippen molar-refractivity contribution < 1.29 is 4.74 Å². The zero-order valence-electron chi connectivity index (χ0n) is 9.85. The lowest BCUT2D eigenvalue weighted by atomic mass is 10.0. The van der Waals surface area contributed by atoms with Crippen molar-refractivity contribution in [1.82, 2.24) is 9.78 Å². The Bertz CT molecular complexity index is 685. The molecule has 0 spiro atoms. The molecule has 0 saturated carbocycles. The molecule has 4 nitrogen and oxygen atoms in total. The van der Waals surface area contributed by atoms with Crippen LogP contribution in [0.25, 0.3) is 0 Å². The van der Waals surface area contributed by atoms with E-state index in [1.807, 2.05) is 24.3 Å². The van der Waals surface area contributed by atoms with Gasteiger partial charge in [-0.2, -0.15) is 5.10 Å². The van der Waals surface area contributed by atoms with Crippen molar-refractivity contribution in [2.75, 3.05) is 6.61 Å². The fourth-order valence-corrected chi connectivity index (χ4v) is 2.44. The van der Waals surface area contributed by atoms with Gasteiger partial charge in [-0.25, -0.2) is 4.68 Å². The van der Waals surface area contributed by atoms with Gasteiger partial charge in [0.1, 0.15) is 10.8 Å². The third-order valence-electron chi connectivity index (χ3n) is 3.13. The Morgan fingerprint density at radius 1 is 1.37 bits per heavy atom. The summed E-state index contributed by atoms with van der Waals surface area (Å²) in [7, 11) is 0. The van der Waals surface area contributed by atoms with Crippen molar-refractivity contribution in [3.8, 4) is 5.75 Å². The largest absolute Gasteiger partial charge is 0.493 e. The molecule has 0 aliphatic carbocycles. The minimum atomic E-state index is -0.376. The van der Waals surface area contributed by atoms with Crippen LogP contribution in [0.15, 0.2) is 35.3 Å². The zero-order valence-corrected chi connectivity index (χ0v) is 11.4. The summed E-state index contributed by atoms with van der Waals surface area (Å²) < 4.78 is 6.90. The van der Waals surface area contributed by atoms with E-state index in [1.165, 1.54) is 10.9 Å². The van der Waals surface area contributed by atoms with Gasteiger partial charge in [0.2, 0.25) is 0 Å². The van der Waals surface area contributed by atoms with Gasteiger partial charge in [-0.05, 0) is 6.07 Å². The van der Waals surface area contributed by atoms with Crippen LogP contribution in [0.2, 0.25) is 10.0 Å². The summed E-state index contributed by atoms with van der Waals surface area (Å²) in [6.07, 6.45) is 1.38. The Hall–Kier alpha value is -1.52. The Labute approximate surface area is 119 Å². The third-order valence-corrected chi connectivity index (χ3v) is 3.88. The molecule has 0 radical (unpaired) electrons. The summed E-state index contributed by atoms with van der Waals surface area (Å²) in [4.78, 5) is 11.9. The molecule has 0 amide bonds. The average molecular weight is 297 g/mol. The highest BCUT2D eigenvalue weighted by Crippen LogP contribution is 2.34. The van der Waals surface area contributed by atoms with E-state index in [9.17, 15) is 4.79 Å². The van der Waals surface area contributed by atoms with Gasteiger partial charge in [0, 0.05) is 11.5 Å². The van der Waals surface area contributed by atoms with Crippen LogP contribution in [0.5, 0.6) is 5.75 Å². The van der Waals surface area contributed by atoms with Gasteiger partial charge in [-0.15, -0.1) is 0 Å². The maximum atomic E-state index is 11.9. The first-order valence-corrected chi connectivity index (χ1v) is 6.55. The van der Waals surface area contributed by atoms with E-state index >= 15 is 0 Å². The van der Waals surface area contributed by atoms with E-state index < -0.39 is 0 Å². The molecule has 1 atom stereocenters. The molecule has 0 fully saturated rings. The van der Waals surface area contributed by atoms with Crippen LogP contribution < -0.4 is 10.3 Å². The normalized spacial score (nSPS) is 17.1. The zero-order chi connectivity index (χ0) is 13.4. The number of benzene rings is 1. The number of hydrogen-bond acceptors (Lipinski definition) is 3. The maximum absolute atomic E-state index is 11.9. The number of fused-ring (bicyclic) bond motifs is 1. The lowest BCUT2D eigenvalue weighted by molar-refractivity contribution is 0.313. The standard InChI is InChI=1S/C13H10Cl2N2O2/c14-10-5-16-17(13(18)12(10)15)6-8-7-19-11-4-2-1-3-9(8)11/h1-5,8H,6-7H2. The summed E-state index contributed by atoms with van der Waals surface area (Å²) in [5.41, 5.74) is 0.709. The van der Waals surface area contributed by atoms with Crippen LogP contribution in [0, 0.1) is 0 Å². The van der Waals surface area contributed by atoms with Crippen molar-refractivity contribution in [2.45, 2.75) is 12.5 Å². The summed E-state index contributed by atoms with van der Waals surface area (Å²) in [6, 6.07) is 7.78. The second-order valence-electron chi connectivity index (χ2n) is 4.34. The highest BCUT2D eigenvalue weighted by Gasteiger charge is 2.25. The van der Waals surface area contributed by atoms with Crippen molar-refractivity contribution >= 4 is 23.2 Å². The molecule has 2 aromatic rings. The van der Waals surface area contributed by atoms with Crippen molar-refractivity contribution in [2.24, 2.45) is 0 Å². The quantitative estimate of drug-likeness (QED) is 0.856. The van der Waals surface area contributed by atoms with Gasteiger partial charge >= 0.3 is 0 Å². The minimum Gasteiger partial charge on any atom is -0.493 e. The molecule has 6 heteroatoms. The lowest BCUT2D eigenvalue weighted by Gasteiger charge is -2.10. The third kappa shape index (κ3) is 2.22. The van der Waals surface area contributed by atoms with Gasteiger partial charge < -0.3 is 4.74 Å². The number of ether oxygens (including phenoxy) is 1. The molecule has 0 bridgehead atoms. The molecular formula is C13H10Cl2N2O2. The molecule has 2 heterocycles. The Morgan fingerprint density at radius 3 is 3.00 bits per heavy atom. The highest BCUT2D eigenvalue weighted by atomic mass is 35.5. The van der Waals surface area contributed by atoms with Gasteiger partial charge in [0.25, 0.3) is 5.56 Å². The smallest absolute Gasteiger partial charge is 0.287 e. The number of aromatic nitrogens is 2. The summed E-state index contributed by atoms with van der Waals surface area (Å²) >= 11 is 11.6. The monoisotopic (exact) mass is 296 g/mol. The number of halogens is 2. The molecule has 0 saturated heterocycles. The van der Waals surface area contributed by atoms with Crippen molar-refractivity contribution in [1.29, 1.82) is 0 Å². The molecule has 0 N–H and O–H groups in total. The topological polar surface area (TPSA) is 44.1 Å². The van der Waals surface area contributed by atoms with Gasteiger partial charge in [-0.3, -0.25) is 4.79 Å². The van der Waals surface area contributed by atoms with Crippen molar-refractivity contribution in [3.05, 3.63) is 56.4 Å². The maximum Gasteiger partial charge on any atom is 0.287 e. The Morgan fingerprint density at radius 2 is 2.16 bits per heavy atom. The van der Waals surface area contributed by atoms with Gasteiger partial charge in [-0.1, -0.05) is 41.4 Å². The van der Waals surface area contributed by atoms with E-state index in [0.29, 0.717) is 13.2 Å². The van der Waals surface area contributed by atoms with Gasteiger partial charge in [0.15, 0.2) is 0 Å². The second kappa shape index (κ2) is 4.87. The van der Waals surface area contributed by atoms with Gasteiger partial charge in [0.05, 0.1) is 24.4 Å². The minimum absolute atomic E-state index is 0.00358. The van der Waals surface area contributed by atoms with E-state index in [4.69, 9.17) is 27.9 Å². The number of rotatable bonds is 2. The van der Waals surface area contributed by atoms with Crippen LogP contribution in [-0.2, 0) is 6.54 Å². The van der Waals surface area contributed by atoms with E-state index in [-0.39, 0.29) is 21.5 Å². The molecule has 1 aliphatic rings. The molecule has 98 valence electrons. The first kappa shape index (κ1) is 12.5. The Kier molecular flexibility index (Phi) is 3.21. The Balaban J connectivity index is 1.92. The van der Waals surface area contributed by atoms with E-state index in [2.05, 4.69) is 5.10 Å². The van der Waals surface area contributed by atoms with Crippen molar-refractivity contribution in [3.63, 3.8) is 0 Å². The molecule has 1 aliphatic heterocycles. The predicted octanol–water partition coefficient (Wildman–Crippen LogP) is 2.73. The highest BCUT2D eigenvalue weighted by molar-refractivity contribution is 6.41. The van der Waals surface area contributed by atoms with Crippen LogP contribution in [0.4, 0.5) is 0 Å². The molecule has 1 aromatic carbocycles. The number of hydrogen-bond donors (Lipinski definition) is 0. The molecule has 19 heavy (non-hydrogen) atoms. The fourth-order valence-electron chi connectivity index (χ4n) is 2.16. The summed E-state index contributed by atoms with van der Waals surface area (Å²) in [6.45, 7) is 0.959. The van der Waals surface area contributed by atoms with Crippen LogP contribution in [-0.4, -0.2) is 16.4 Å². The fraction of sp³-hybridized carbons (Fsp3) is 0.231. The average Bonchev–Trinajstić information content (AvgIpc) is 2.83. The second-order valence-corrected chi connectivity index (χ2v) is 5.12. The van der Waals surface area contributed by atoms with Crippen LogP contribution >= 0.6 is 23.2 Å². The first-order chi connectivity index (χ1) is 9.16. The summed E-state index contributed by atoms with van der Waals surface area (Å²) in [5, 5.41) is 4.18. The van der Waals surface area contributed by atoms with E-state index in [0.717, 1.165) is 11.3 Å². The molecular weight excluding hydrogens is 287 g/mol. The molecule has 1 aromatic heterocycles. The molecule has 1 unspecified atom stereocenters. The predicted molar refractivity (Wildman–Crippen MR) is 73.2 cm³/mol. The first-order valence-electron chi connectivity index (χ1n) is 5.79. The van der Waals surface area contributed by atoms with E-state index in [1.54, 1.807) is 0 Å². The van der Waals surface area contributed by atoms with Crippen LogP contribution in [0.1, 0.15) is 11.5 Å². The number of para-hydroxylation sites is 1. The summed E-state index contributed by atoms with van der Waals surface area (Å²) in [5.74, 6) is 0.958. The SMILES string of the molecule is O=c1c(Cl)c(Cl)cnn1CC1COc2ccccc21. The lowest BCUT2D eigenvalue weighted by Crippen LogP contribution is -2.26.